The number of benzene rings is 2. The molecule has 1 saturated heterocycles. The Morgan fingerprint density at radius 3 is 2.36 bits per heavy atom. The second kappa shape index (κ2) is 6.29. The Morgan fingerprint density at radius 2 is 1.56 bits per heavy atom. The van der Waals surface area contributed by atoms with E-state index >= 15 is 0 Å². The zero-order valence-electron chi connectivity index (χ0n) is 15.4. The van der Waals surface area contributed by atoms with E-state index in [1.54, 1.807) is 11.1 Å². The highest BCUT2D eigenvalue weighted by Gasteiger charge is 2.39. The molecule has 3 aliphatic rings. The maximum absolute atomic E-state index is 2.90. The van der Waals surface area contributed by atoms with E-state index in [0.717, 1.165) is 12.0 Å². The van der Waals surface area contributed by atoms with Gasteiger partial charge in [0.15, 0.2) is 0 Å². The van der Waals surface area contributed by atoms with Crippen LogP contribution in [-0.4, -0.2) is 17.5 Å². The average molecular weight is 332 g/mol. The van der Waals surface area contributed by atoms with E-state index in [9.17, 15) is 0 Å². The molecule has 2 fully saturated rings. The molecular weight excluding hydrogens is 302 g/mol. The lowest BCUT2D eigenvalue weighted by atomic mass is 9.93. The predicted molar refractivity (Wildman–Crippen MR) is 105 cm³/mol. The number of hydrogen-bond donors (Lipinski definition) is 0. The minimum Gasteiger partial charge on any atom is -0.293 e. The number of hydrogen-bond acceptors (Lipinski definition) is 1. The van der Waals surface area contributed by atoms with Crippen molar-refractivity contribution in [2.45, 2.75) is 69.9 Å². The summed E-state index contributed by atoms with van der Waals surface area (Å²) in [5.41, 5.74) is 7.40. The fourth-order valence-corrected chi connectivity index (χ4v) is 5.62. The van der Waals surface area contributed by atoms with Crippen LogP contribution in [0.3, 0.4) is 0 Å². The topological polar surface area (TPSA) is 3.24 Å². The van der Waals surface area contributed by atoms with Crippen molar-refractivity contribution in [2.75, 3.05) is 6.54 Å². The molecule has 0 spiro atoms. The summed E-state index contributed by atoms with van der Waals surface area (Å²) in [5, 5.41) is 0. The first-order valence-electron chi connectivity index (χ1n) is 10.3. The van der Waals surface area contributed by atoms with Crippen LogP contribution in [0.15, 0.2) is 42.5 Å². The van der Waals surface area contributed by atoms with E-state index in [2.05, 4.69) is 54.3 Å². The van der Waals surface area contributed by atoms with Gasteiger partial charge in [-0.15, -0.1) is 0 Å². The lowest BCUT2D eigenvalue weighted by Crippen LogP contribution is -2.36. The van der Waals surface area contributed by atoms with Gasteiger partial charge in [-0.2, -0.15) is 0 Å². The SMILES string of the molecule is Cc1ccc(-c2ccc3c(c2)C2CC3CCCN2C2CCCC2)cc1. The first-order chi connectivity index (χ1) is 12.3. The lowest BCUT2D eigenvalue weighted by Gasteiger charge is -2.34. The number of likely N-dealkylation sites (tertiary alicyclic amines) is 1. The monoisotopic (exact) mass is 331 g/mol. The summed E-state index contributed by atoms with van der Waals surface area (Å²) in [7, 11) is 0. The van der Waals surface area contributed by atoms with Crippen LogP contribution >= 0.6 is 0 Å². The normalized spacial score (nSPS) is 26.6. The molecule has 2 aromatic rings. The van der Waals surface area contributed by atoms with E-state index in [4.69, 9.17) is 0 Å². The fourth-order valence-electron chi connectivity index (χ4n) is 5.62. The third-order valence-electron chi connectivity index (χ3n) is 6.94. The van der Waals surface area contributed by atoms with E-state index in [1.807, 2.05) is 0 Å². The average Bonchev–Trinajstić information content (AvgIpc) is 3.21. The maximum Gasteiger partial charge on any atom is 0.0359 e. The molecule has 2 bridgehead atoms. The molecule has 0 amide bonds. The van der Waals surface area contributed by atoms with E-state index in [0.29, 0.717) is 6.04 Å². The Hall–Kier alpha value is -1.60. The second-order valence-corrected chi connectivity index (χ2v) is 8.48. The fraction of sp³-hybridized carbons (Fsp3) is 0.500. The van der Waals surface area contributed by atoms with Gasteiger partial charge in [0, 0.05) is 12.1 Å². The molecule has 0 radical (unpaired) electrons. The van der Waals surface area contributed by atoms with Crippen molar-refractivity contribution < 1.29 is 0 Å². The van der Waals surface area contributed by atoms with Gasteiger partial charge in [-0.25, -0.2) is 0 Å². The van der Waals surface area contributed by atoms with Gasteiger partial charge >= 0.3 is 0 Å². The van der Waals surface area contributed by atoms with Crippen molar-refractivity contribution in [1.82, 2.24) is 4.90 Å². The van der Waals surface area contributed by atoms with Crippen LogP contribution in [-0.2, 0) is 0 Å². The van der Waals surface area contributed by atoms with Crippen LogP contribution in [0.2, 0.25) is 0 Å². The van der Waals surface area contributed by atoms with Gasteiger partial charge in [0.1, 0.15) is 0 Å². The van der Waals surface area contributed by atoms with Gasteiger partial charge in [0.2, 0.25) is 0 Å². The van der Waals surface area contributed by atoms with E-state index in [-0.39, 0.29) is 0 Å². The molecule has 1 saturated carbocycles. The van der Waals surface area contributed by atoms with Gasteiger partial charge in [-0.05, 0) is 79.8 Å². The largest absolute Gasteiger partial charge is 0.293 e. The zero-order valence-corrected chi connectivity index (χ0v) is 15.4. The van der Waals surface area contributed by atoms with Crippen molar-refractivity contribution in [3.8, 4) is 11.1 Å². The summed E-state index contributed by atoms with van der Waals surface area (Å²) in [5.74, 6) is 0.804. The third-order valence-corrected chi connectivity index (χ3v) is 6.94. The molecule has 2 atom stereocenters. The smallest absolute Gasteiger partial charge is 0.0359 e. The minimum atomic E-state index is 0.677. The summed E-state index contributed by atoms with van der Waals surface area (Å²) in [4.78, 5) is 2.90. The highest BCUT2D eigenvalue weighted by Crippen LogP contribution is 2.50. The summed E-state index contributed by atoms with van der Waals surface area (Å²) in [6, 6.07) is 17.9. The minimum absolute atomic E-state index is 0.677. The van der Waals surface area contributed by atoms with Gasteiger partial charge in [-0.1, -0.05) is 54.8 Å². The van der Waals surface area contributed by atoms with Crippen molar-refractivity contribution in [2.24, 2.45) is 0 Å². The molecule has 5 rings (SSSR count). The van der Waals surface area contributed by atoms with Crippen LogP contribution in [0.5, 0.6) is 0 Å². The van der Waals surface area contributed by atoms with Crippen LogP contribution < -0.4 is 0 Å². The standard InChI is InChI=1S/C24H29N/c1-17-8-10-18(11-9-17)19-12-13-22-20-5-4-14-25(21-6-2-3-7-21)24(16-20)23(22)15-19/h8-13,15,20-21,24H,2-7,14,16H2,1H3. The zero-order chi connectivity index (χ0) is 16.8. The first kappa shape index (κ1) is 15.6. The highest BCUT2D eigenvalue weighted by atomic mass is 15.2. The molecule has 2 aliphatic carbocycles. The van der Waals surface area contributed by atoms with Crippen LogP contribution in [0.25, 0.3) is 11.1 Å². The summed E-state index contributed by atoms with van der Waals surface area (Å²) in [6.45, 7) is 3.48. The molecule has 0 N–H and O–H groups in total. The predicted octanol–water partition coefficient (Wildman–Crippen LogP) is 6.23. The lowest BCUT2D eigenvalue weighted by molar-refractivity contribution is 0.142. The molecule has 1 heterocycles. The summed E-state index contributed by atoms with van der Waals surface area (Å²) >= 11 is 0. The molecule has 25 heavy (non-hydrogen) atoms. The Balaban J connectivity index is 1.53. The molecular formula is C24H29N. The summed E-state index contributed by atoms with van der Waals surface area (Å²) in [6.07, 6.45) is 9.86. The molecule has 1 aliphatic heterocycles. The Morgan fingerprint density at radius 1 is 0.800 bits per heavy atom. The van der Waals surface area contributed by atoms with E-state index in [1.165, 1.54) is 68.2 Å². The number of rotatable bonds is 2. The highest BCUT2D eigenvalue weighted by molar-refractivity contribution is 5.66. The van der Waals surface area contributed by atoms with Crippen LogP contribution in [0.1, 0.15) is 73.6 Å². The van der Waals surface area contributed by atoms with Crippen LogP contribution in [0.4, 0.5) is 0 Å². The van der Waals surface area contributed by atoms with Crippen molar-refractivity contribution in [3.05, 3.63) is 59.2 Å². The van der Waals surface area contributed by atoms with E-state index < -0.39 is 0 Å². The van der Waals surface area contributed by atoms with Crippen LogP contribution in [0, 0.1) is 6.92 Å². The molecule has 1 nitrogen and oxygen atoms in total. The van der Waals surface area contributed by atoms with Gasteiger partial charge in [0.05, 0.1) is 0 Å². The Kier molecular flexibility index (Phi) is 3.93. The van der Waals surface area contributed by atoms with Crippen molar-refractivity contribution in [1.29, 1.82) is 0 Å². The van der Waals surface area contributed by atoms with Crippen molar-refractivity contribution >= 4 is 0 Å². The third kappa shape index (κ3) is 2.73. The Labute approximate surface area is 152 Å². The Bertz CT molecular complexity index is 754. The summed E-state index contributed by atoms with van der Waals surface area (Å²) < 4.78 is 0. The molecule has 1 heteroatoms. The number of aryl methyl sites for hydroxylation is 1. The quantitative estimate of drug-likeness (QED) is 0.630. The molecule has 130 valence electrons. The van der Waals surface area contributed by atoms with Gasteiger partial charge in [-0.3, -0.25) is 4.90 Å². The number of fused-ring (bicyclic) bond motifs is 5. The van der Waals surface area contributed by atoms with Crippen molar-refractivity contribution in [3.63, 3.8) is 0 Å². The van der Waals surface area contributed by atoms with Gasteiger partial charge < -0.3 is 0 Å². The maximum atomic E-state index is 2.90. The molecule has 2 unspecified atom stereocenters. The number of nitrogens with zero attached hydrogens (tertiary/aromatic N) is 1. The second-order valence-electron chi connectivity index (χ2n) is 8.48. The van der Waals surface area contributed by atoms with Gasteiger partial charge in [0.25, 0.3) is 0 Å². The molecule has 2 aromatic carbocycles. The molecule has 0 aromatic heterocycles. The first-order valence-corrected chi connectivity index (χ1v) is 10.3.